The maximum atomic E-state index is 12.3. The molecule has 0 bridgehead atoms. The van der Waals surface area contributed by atoms with Gasteiger partial charge in [0.05, 0.1) is 0 Å². The molecule has 0 heterocycles. The Hall–Kier alpha value is -1.89. The van der Waals surface area contributed by atoms with Gasteiger partial charge >= 0.3 is 0 Å². The molecule has 2 amide bonds. The molecule has 0 aliphatic heterocycles. The van der Waals surface area contributed by atoms with E-state index in [0.717, 1.165) is 22.1 Å². The molecule has 2 N–H and O–H groups in total. The highest BCUT2D eigenvalue weighted by Gasteiger charge is 2.29. The van der Waals surface area contributed by atoms with E-state index in [1.807, 2.05) is 24.3 Å². The fourth-order valence-electron chi connectivity index (χ4n) is 2.06. The molecule has 3 rings (SSSR count). The van der Waals surface area contributed by atoms with Gasteiger partial charge in [0, 0.05) is 26.4 Å². The molecule has 4 nitrogen and oxygen atoms in total. The van der Waals surface area contributed by atoms with Gasteiger partial charge < -0.3 is 10.6 Å². The Labute approximate surface area is 142 Å². The van der Waals surface area contributed by atoms with Gasteiger partial charge in [0.2, 0.25) is 5.91 Å². The van der Waals surface area contributed by atoms with E-state index in [9.17, 15) is 9.59 Å². The van der Waals surface area contributed by atoms with Gasteiger partial charge in [-0.05, 0) is 77.9 Å². The van der Waals surface area contributed by atoms with Gasteiger partial charge in [-0.25, -0.2) is 0 Å². The fraction of sp³-hybridized carbons (Fsp3) is 0.176. The topological polar surface area (TPSA) is 58.2 Å². The van der Waals surface area contributed by atoms with E-state index in [1.165, 1.54) is 0 Å². The summed E-state index contributed by atoms with van der Waals surface area (Å²) in [5.74, 6) is -0.0109. The standard InChI is InChI=1S/C17H15IN2O2/c18-13-6-8-14(9-7-13)19-17(22)12-2-1-3-15(10-12)20-16(21)11-4-5-11/h1-3,6-11H,4-5H2,(H,19,22)(H,20,21). The predicted molar refractivity (Wildman–Crippen MR) is 94.9 cm³/mol. The Balaban J connectivity index is 1.69. The van der Waals surface area contributed by atoms with Crippen LogP contribution in [0.5, 0.6) is 0 Å². The summed E-state index contributed by atoms with van der Waals surface area (Å²) in [6, 6.07) is 14.6. The average Bonchev–Trinajstić information content (AvgIpc) is 3.34. The highest BCUT2D eigenvalue weighted by molar-refractivity contribution is 14.1. The van der Waals surface area contributed by atoms with Crippen molar-refractivity contribution in [2.75, 3.05) is 10.6 Å². The Kier molecular flexibility index (Phi) is 4.42. The molecule has 0 unspecified atom stereocenters. The molecule has 0 spiro atoms. The molecule has 0 aromatic heterocycles. The van der Waals surface area contributed by atoms with Crippen LogP contribution < -0.4 is 10.6 Å². The van der Waals surface area contributed by atoms with Gasteiger partial charge in [0.15, 0.2) is 0 Å². The van der Waals surface area contributed by atoms with E-state index in [1.54, 1.807) is 24.3 Å². The van der Waals surface area contributed by atoms with Crippen molar-refractivity contribution >= 4 is 45.8 Å². The Morgan fingerprint density at radius 2 is 1.68 bits per heavy atom. The van der Waals surface area contributed by atoms with Crippen LogP contribution in [0.1, 0.15) is 23.2 Å². The van der Waals surface area contributed by atoms with E-state index >= 15 is 0 Å². The second kappa shape index (κ2) is 6.48. The van der Waals surface area contributed by atoms with Crippen LogP contribution in [0.25, 0.3) is 0 Å². The van der Waals surface area contributed by atoms with Gasteiger partial charge in [-0.1, -0.05) is 6.07 Å². The lowest BCUT2D eigenvalue weighted by Crippen LogP contribution is -2.15. The normalized spacial score (nSPS) is 13.5. The fourth-order valence-corrected chi connectivity index (χ4v) is 2.42. The third kappa shape index (κ3) is 3.85. The Morgan fingerprint density at radius 3 is 2.36 bits per heavy atom. The van der Waals surface area contributed by atoms with Crippen molar-refractivity contribution in [1.82, 2.24) is 0 Å². The molecule has 112 valence electrons. The number of anilines is 2. The minimum absolute atomic E-state index is 0.0372. The number of nitrogens with one attached hydrogen (secondary N) is 2. The predicted octanol–water partition coefficient (Wildman–Crippen LogP) is 3.89. The minimum atomic E-state index is -0.191. The second-order valence-corrected chi connectivity index (χ2v) is 6.55. The van der Waals surface area contributed by atoms with Crippen LogP contribution in [-0.2, 0) is 4.79 Å². The lowest BCUT2D eigenvalue weighted by Gasteiger charge is -2.08. The number of halogens is 1. The number of carbonyl (C=O) groups is 2. The monoisotopic (exact) mass is 406 g/mol. The maximum Gasteiger partial charge on any atom is 0.255 e. The first kappa shape index (κ1) is 15.0. The van der Waals surface area contributed by atoms with Crippen LogP contribution in [-0.4, -0.2) is 11.8 Å². The molecule has 1 aliphatic carbocycles. The molecule has 2 aromatic carbocycles. The molecule has 0 radical (unpaired) electrons. The molecule has 1 fully saturated rings. The highest BCUT2D eigenvalue weighted by atomic mass is 127. The summed E-state index contributed by atoms with van der Waals surface area (Å²) in [5, 5.41) is 5.70. The first-order valence-electron chi connectivity index (χ1n) is 7.10. The number of amides is 2. The highest BCUT2D eigenvalue weighted by Crippen LogP contribution is 2.30. The van der Waals surface area contributed by atoms with Crippen molar-refractivity contribution in [3.8, 4) is 0 Å². The quantitative estimate of drug-likeness (QED) is 0.757. The molecule has 0 saturated heterocycles. The van der Waals surface area contributed by atoms with Crippen molar-refractivity contribution in [3.63, 3.8) is 0 Å². The Bertz CT molecular complexity index is 709. The third-order valence-electron chi connectivity index (χ3n) is 3.44. The molecule has 0 atom stereocenters. The Morgan fingerprint density at radius 1 is 0.955 bits per heavy atom. The lowest BCUT2D eigenvalue weighted by atomic mass is 10.1. The summed E-state index contributed by atoms with van der Waals surface area (Å²) in [6.45, 7) is 0. The lowest BCUT2D eigenvalue weighted by molar-refractivity contribution is -0.117. The number of benzene rings is 2. The van der Waals surface area contributed by atoms with E-state index in [0.29, 0.717) is 11.3 Å². The van der Waals surface area contributed by atoms with E-state index in [2.05, 4.69) is 33.2 Å². The molecular formula is C17H15IN2O2. The smallest absolute Gasteiger partial charge is 0.255 e. The number of rotatable bonds is 4. The largest absolute Gasteiger partial charge is 0.326 e. The maximum absolute atomic E-state index is 12.3. The molecule has 2 aromatic rings. The summed E-state index contributed by atoms with van der Waals surface area (Å²) in [6.07, 6.45) is 1.91. The van der Waals surface area contributed by atoms with Crippen LogP contribution in [0, 0.1) is 9.49 Å². The zero-order valence-corrected chi connectivity index (χ0v) is 14.0. The van der Waals surface area contributed by atoms with Crippen molar-refractivity contribution in [2.45, 2.75) is 12.8 Å². The van der Waals surface area contributed by atoms with Crippen molar-refractivity contribution in [1.29, 1.82) is 0 Å². The van der Waals surface area contributed by atoms with Gasteiger partial charge in [0.1, 0.15) is 0 Å². The summed E-state index contributed by atoms with van der Waals surface area (Å²) < 4.78 is 1.11. The van der Waals surface area contributed by atoms with Gasteiger partial charge in [0.25, 0.3) is 5.91 Å². The van der Waals surface area contributed by atoms with Crippen LogP contribution >= 0.6 is 22.6 Å². The molecule has 1 saturated carbocycles. The second-order valence-electron chi connectivity index (χ2n) is 5.31. The van der Waals surface area contributed by atoms with Crippen LogP contribution in [0.15, 0.2) is 48.5 Å². The van der Waals surface area contributed by atoms with E-state index in [4.69, 9.17) is 0 Å². The first-order valence-corrected chi connectivity index (χ1v) is 8.17. The zero-order valence-electron chi connectivity index (χ0n) is 11.8. The molecule has 1 aliphatic rings. The van der Waals surface area contributed by atoms with Crippen molar-refractivity contribution < 1.29 is 9.59 Å². The first-order chi connectivity index (χ1) is 10.6. The number of hydrogen-bond acceptors (Lipinski definition) is 2. The number of carbonyl (C=O) groups excluding carboxylic acids is 2. The zero-order chi connectivity index (χ0) is 15.5. The summed E-state index contributed by atoms with van der Waals surface area (Å²) >= 11 is 2.21. The van der Waals surface area contributed by atoms with Crippen molar-refractivity contribution in [3.05, 3.63) is 57.7 Å². The molecule has 22 heavy (non-hydrogen) atoms. The molecular weight excluding hydrogens is 391 g/mol. The van der Waals surface area contributed by atoms with Gasteiger partial charge in [-0.2, -0.15) is 0 Å². The average molecular weight is 406 g/mol. The van der Waals surface area contributed by atoms with E-state index in [-0.39, 0.29) is 17.7 Å². The summed E-state index contributed by atoms with van der Waals surface area (Å²) in [5.41, 5.74) is 1.93. The number of hydrogen-bond donors (Lipinski definition) is 2. The van der Waals surface area contributed by atoms with Crippen LogP contribution in [0.2, 0.25) is 0 Å². The summed E-state index contributed by atoms with van der Waals surface area (Å²) in [7, 11) is 0. The minimum Gasteiger partial charge on any atom is -0.326 e. The summed E-state index contributed by atoms with van der Waals surface area (Å²) in [4.78, 5) is 24.0. The van der Waals surface area contributed by atoms with Crippen LogP contribution in [0.3, 0.4) is 0 Å². The molecule has 5 heteroatoms. The van der Waals surface area contributed by atoms with Gasteiger partial charge in [-0.15, -0.1) is 0 Å². The SMILES string of the molecule is O=C(Nc1ccc(I)cc1)c1cccc(NC(=O)C2CC2)c1. The van der Waals surface area contributed by atoms with Gasteiger partial charge in [-0.3, -0.25) is 9.59 Å². The van der Waals surface area contributed by atoms with Crippen molar-refractivity contribution in [2.24, 2.45) is 5.92 Å². The van der Waals surface area contributed by atoms with Crippen LogP contribution in [0.4, 0.5) is 11.4 Å². The van der Waals surface area contributed by atoms with E-state index < -0.39 is 0 Å². The third-order valence-corrected chi connectivity index (χ3v) is 4.16.